The van der Waals surface area contributed by atoms with Crippen LogP contribution in [0.15, 0.2) is 36.0 Å². The second kappa shape index (κ2) is 17.4. The van der Waals surface area contributed by atoms with Gasteiger partial charge < -0.3 is 25.0 Å². The SMILES string of the molecule is CN1C[C@H](COCc2ccccn2)[C@]2(CCN(Cc3nccs3)C2)C1.O=C(O)C(F)(F)F.O=C(O)C(F)(F)F.O=C(O)C(F)(F)F. The van der Waals surface area contributed by atoms with Gasteiger partial charge in [0.1, 0.15) is 5.01 Å². The van der Waals surface area contributed by atoms with Gasteiger partial charge in [-0.2, -0.15) is 39.5 Å². The Morgan fingerprint density at radius 2 is 1.46 bits per heavy atom. The Labute approximate surface area is 259 Å². The topological polar surface area (TPSA) is 153 Å². The molecule has 2 aliphatic rings. The lowest BCUT2D eigenvalue weighted by Crippen LogP contribution is -2.36. The number of rotatable bonds is 6. The zero-order chi connectivity index (χ0) is 35.3. The highest BCUT2D eigenvalue weighted by Crippen LogP contribution is 2.44. The molecule has 0 bridgehead atoms. The number of carboxylic acids is 3. The molecule has 1 spiro atoms. The summed E-state index contributed by atoms with van der Waals surface area (Å²) in [5, 5.41) is 24.7. The summed E-state index contributed by atoms with van der Waals surface area (Å²) in [5.41, 5.74) is 1.38. The van der Waals surface area contributed by atoms with Gasteiger partial charge in [0.05, 0.1) is 25.5 Å². The summed E-state index contributed by atoms with van der Waals surface area (Å²) < 4.78 is 101. The number of nitrogens with zero attached hydrogens (tertiary/aromatic N) is 4. The van der Waals surface area contributed by atoms with E-state index in [1.54, 1.807) is 11.3 Å². The standard InChI is InChI=1S/C19H26N4OS.3C2HF3O2/c1-22-10-16(12-24-13-17-4-2-3-6-20-17)19(14-22)5-8-23(15-19)11-18-21-7-9-25-18;3*3-2(4,5)1(6)7/h2-4,6-7,9,16H,5,8,10-15H2,1H3;3*(H,6,7)/t16-,19-;;;/m1.../s1. The van der Waals surface area contributed by atoms with E-state index in [1.165, 1.54) is 24.5 Å². The summed E-state index contributed by atoms with van der Waals surface area (Å²) >= 11 is 1.76. The predicted molar refractivity (Wildman–Crippen MR) is 140 cm³/mol. The molecule has 0 radical (unpaired) electrons. The van der Waals surface area contributed by atoms with Gasteiger partial charge in [0.25, 0.3) is 0 Å². The molecule has 260 valence electrons. The maximum absolute atomic E-state index is 10.6. The number of aliphatic carboxylic acids is 3. The highest BCUT2D eigenvalue weighted by Gasteiger charge is 2.49. The van der Waals surface area contributed by atoms with Gasteiger partial charge in [-0.15, -0.1) is 11.3 Å². The van der Waals surface area contributed by atoms with E-state index in [0.29, 0.717) is 17.9 Å². The third kappa shape index (κ3) is 14.7. The van der Waals surface area contributed by atoms with Crippen molar-refractivity contribution in [1.29, 1.82) is 0 Å². The molecule has 0 aliphatic carbocycles. The number of hydrogen-bond acceptors (Lipinski definition) is 9. The van der Waals surface area contributed by atoms with Gasteiger partial charge >= 0.3 is 36.4 Å². The number of likely N-dealkylation sites (tertiary alicyclic amines) is 2. The molecule has 0 amide bonds. The van der Waals surface area contributed by atoms with Gasteiger partial charge in [0.2, 0.25) is 0 Å². The second-order valence-corrected chi connectivity index (χ2v) is 10.9. The average molecular weight is 701 g/mol. The van der Waals surface area contributed by atoms with E-state index in [4.69, 9.17) is 34.4 Å². The summed E-state index contributed by atoms with van der Waals surface area (Å²) in [6.45, 7) is 7.07. The molecular weight excluding hydrogens is 671 g/mol. The molecule has 2 saturated heterocycles. The fraction of sp³-hybridized carbons (Fsp3) is 0.560. The van der Waals surface area contributed by atoms with Crippen LogP contribution < -0.4 is 0 Å². The minimum absolute atomic E-state index is 0.371. The first-order valence-electron chi connectivity index (χ1n) is 12.7. The first kappa shape index (κ1) is 40.5. The number of aromatic nitrogens is 2. The first-order chi connectivity index (χ1) is 21.1. The maximum Gasteiger partial charge on any atom is 0.490 e. The summed E-state index contributed by atoms with van der Waals surface area (Å²) in [6.07, 6.45) is -10.2. The Kier molecular flexibility index (Phi) is 15.3. The highest BCUT2D eigenvalue weighted by atomic mass is 32.1. The van der Waals surface area contributed by atoms with E-state index in [1.807, 2.05) is 30.6 Å². The molecule has 0 aromatic carbocycles. The Hall–Kier alpha value is -3.56. The van der Waals surface area contributed by atoms with Crippen molar-refractivity contribution in [2.24, 2.45) is 11.3 Å². The normalized spacial score (nSPS) is 20.1. The first-order valence-corrected chi connectivity index (χ1v) is 13.6. The molecule has 2 atom stereocenters. The van der Waals surface area contributed by atoms with Crippen LogP contribution in [0.1, 0.15) is 17.1 Å². The Morgan fingerprint density at radius 3 is 1.89 bits per heavy atom. The van der Waals surface area contributed by atoms with Crippen LogP contribution in [-0.4, -0.2) is 111 Å². The Balaban J connectivity index is 0.000000413. The lowest BCUT2D eigenvalue weighted by atomic mass is 9.77. The quantitative estimate of drug-likeness (QED) is 0.368. The van der Waals surface area contributed by atoms with E-state index >= 15 is 0 Å². The van der Waals surface area contributed by atoms with Crippen LogP contribution in [0.2, 0.25) is 0 Å². The lowest BCUT2D eigenvalue weighted by molar-refractivity contribution is -0.193. The van der Waals surface area contributed by atoms with Gasteiger partial charge in [0, 0.05) is 48.7 Å². The number of halogens is 9. The molecule has 21 heteroatoms. The highest BCUT2D eigenvalue weighted by molar-refractivity contribution is 7.09. The van der Waals surface area contributed by atoms with Gasteiger partial charge in [-0.1, -0.05) is 6.07 Å². The molecule has 4 rings (SSSR count). The van der Waals surface area contributed by atoms with Crippen LogP contribution in [0.4, 0.5) is 39.5 Å². The van der Waals surface area contributed by atoms with Gasteiger partial charge in [0.15, 0.2) is 0 Å². The van der Waals surface area contributed by atoms with E-state index in [2.05, 4.69) is 32.2 Å². The van der Waals surface area contributed by atoms with Crippen molar-refractivity contribution in [2.75, 3.05) is 39.8 Å². The average Bonchev–Trinajstić information content (AvgIpc) is 3.65. The molecule has 0 saturated carbocycles. The smallest absolute Gasteiger partial charge is 0.475 e. The van der Waals surface area contributed by atoms with E-state index in [-0.39, 0.29) is 0 Å². The van der Waals surface area contributed by atoms with Crippen molar-refractivity contribution in [3.63, 3.8) is 0 Å². The van der Waals surface area contributed by atoms with Crippen molar-refractivity contribution in [3.05, 3.63) is 46.7 Å². The van der Waals surface area contributed by atoms with Crippen molar-refractivity contribution in [3.8, 4) is 0 Å². The van der Waals surface area contributed by atoms with Crippen molar-refractivity contribution in [1.82, 2.24) is 19.8 Å². The van der Waals surface area contributed by atoms with Crippen LogP contribution in [0.5, 0.6) is 0 Å². The van der Waals surface area contributed by atoms with Crippen LogP contribution in [0.3, 0.4) is 0 Å². The van der Waals surface area contributed by atoms with Gasteiger partial charge in [-0.3, -0.25) is 9.88 Å². The fourth-order valence-electron chi connectivity index (χ4n) is 4.42. The minimum Gasteiger partial charge on any atom is -0.475 e. The minimum atomic E-state index is -5.08. The zero-order valence-electron chi connectivity index (χ0n) is 23.8. The predicted octanol–water partition coefficient (Wildman–Crippen LogP) is 4.41. The van der Waals surface area contributed by atoms with Gasteiger partial charge in [-0.05, 0) is 32.1 Å². The summed E-state index contributed by atoms with van der Waals surface area (Å²) in [7, 11) is 2.24. The fourth-order valence-corrected chi connectivity index (χ4v) is 5.08. The number of ether oxygens (including phenoxy) is 1. The molecule has 11 nitrogen and oxygen atoms in total. The summed E-state index contributed by atoms with van der Waals surface area (Å²) in [6, 6.07) is 5.99. The van der Waals surface area contributed by atoms with Crippen LogP contribution >= 0.6 is 11.3 Å². The molecule has 46 heavy (non-hydrogen) atoms. The number of alkyl halides is 9. The third-order valence-electron chi connectivity index (χ3n) is 6.31. The van der Waals surface area contributed by atoms with Crippen molar-refractivity contribution in [2.45, 2.75) is 38.1 Å². The molecule has 4 heterocycles. The zero-order valence-corrected chi connectivity index (χ0v) is 24.6. The van der Waals surface area contributed by atoms with E-state index in [0.717, 1.165) is 31.9 Å². The molecule has 3 N–H and O–H groups in total. The van der Waals surface area contributed by atoms with Crippen molar-refractivity contribution >= 4 is 29.2 Å². The molecule has 2 aromatic heterocycles. The van der Waals surface area contributed by atoms with Crippen LogP contribution in [0, 0.1) is 11.3 Å². The largest absolute Gasteiger partial charge is 0.490 e. The Bertz CT molecular complexity index is 1180. The summed E-state index contributed by atoms with van der Waals surface area (Å²) in [4.78, 5) is 40.5. The van der Waals surface area contributed by atoms with E-state index < -0.39 is 36.4 Å². The Morgan fingerprint density at radius 1 is 0.913 bits per heavy atom. The monoisotopic (exact) mass is 700 g/mol. The van der Waals surface area contributed by atoms with Crippen molar-refractivity contribution < 1.29 is 74.0 Å². The number of hydrogen-bond donors (Lipinski definition) is 3. The molecule has 2 aliphatic heterocycles. The number of carbonyl (C=O) groups is 3. The molecule has 2 fully saturated rings. The number of pyridine rings is 1. The second-order valence-electron chi connectivity index (χ2n) is 9.89. The number of thiazole rings is 1. The van der Waals surface area contributed by atoms with Crippen LogP contribution in [-0.2, 0) is 32.3 Å². The molecule has 2 aromatic rings. The number of carboxylic acid groups (broad SMARTS) is 3. The third-order valence-corrected chi connectivity index (χ3v) is 7.08. The lowest BCUT2D eigenvalue weighted by Gasteiger charge is -2.30. The van der Waals surface area contributed by atoms with E-state index in [9.17, 15) is 39.5 Å². The van der Waals surface area contributed by atoms with Gasteiger partial charge in [-0.25, -0.2) is 19.4 Å². The molecule has 0 unspecified atom stereocenters. The molecular formula is C25H29F9N4O7S. The summed E-state index contributed by atoms with van der Waals surface area (Å²) in [5.74, 6) is -7.67. The maximum atomic E-state index is 10.6. The van der Waals surface area contributed by atoms with Crippen LogP contribution in [0.25, 0.3) is 0 Å².